The van der Waals surface area contributed by atoms with E-state index < -0.39 is 10.0 Å². The van der Waals surface area contributed by atoms with Gasteiger partial charge in [0, 0.05) is 6.54 Å². The van der Waals surface area contributed by atoms with Crippen LogP contribution in [-0.2, 0) is 10.0 Å². The molecule has 14 heavy (non-hydrogen) atoms. The normalized spacial score (nSPS) is 21.3. The molecule has 0 unspecified atom stereocenters. The van der Waals surface area contributed by atoms with Gasteiger partial charge >= 0.3 is 0 Å². The van der Waals surface area contributed by atoms with E-state index in [9.17, 15) is 8.42 Å². The van der Waals surface area contributed by atoms with E-state index in [0.717, 1.165) is 25.9 Å². The fourth-order valence-corrected chi connectivity index (χ4v) is 2.31. The maximum Gasteiger partial charge on any atom is 0.211 e. The third-order valence-electron chi connectivity index (χ3n) is 2.81. The number of hydrogen-bond acceptors (Lipinski definition) is 3. The Morgan fingerprint density at radius 3 is 2.43 bits per heavy atom. The summed E-state index contributed by atoms with van der Waals surface area (Å²) in [6.45, 7) is 4.44. The van der Waals surface area contributed by atoms with Gasteiger partial charge in [0.2, 0.25) is 10.0 Å². The van der Waals surface area contributed by atoms with Gasteiger partial charge in [0.25, 0.3) is 0 Å². The molecule has 5 heteroatoms. The van der Waals surface area contributed by atoms with Crippen molar-refractivity contribution in [3.63, 3.8) is 0 Å². The van der Waals surface area contributed by atoms with Gasteiger partial charge in [-0.25, -0.2) is 13.1 Å². The minimum absolute atomic E-state index is 0.180. The molecule has 1 N–H and O–H groups in total. The number of rotatable bonds is 4. The predicted octanol–water partition coefficient (Wildman–Crippen LogP) is 0.267. The Morgan fingerprint density at radius 1 is 1.36 bits per heavy atom. The zero-order valence-electron chi connectivity index (χ0n) is 8.99. The molecule has 84 valence electrons. The highest BCUT2D eigenvalue weighted by atomic mass is 32.2. The van der Waals surface area contributed by atoms with Gasteiger partial charge < -0.3 is 4.90 Å². The topological polar surface area (TPSA) is 49.4 Å². The maximum absolute atomic E-state index is 11.2. The van der Waals surface area contributed by atoms with Crippen LogP contribution in [0.1, 0.15) is 19.8 Å². The molecule has 0 saturated carbocycles. The van der Waals surface area contributed by atoms with E-state index in [-0.39, 0.29) is 5.75 Å². The molecule has 0 radical (unpaired) electrons. The molecule has 0 aliphatic carbocycles. The Kier molecular flexibility index (Phi) is 4.34. The summed E-state index contributed by atoms with van der Waals surface area (Å²) in [5, 5.41) is 0. The molecule has 1 rings (SSSR count). The molecule has 0 bridgehead atoms. The Balaban J connectivity index is 2.26. The minimum atomic E-state index is -3.00. The van der Waals surface area contributed by atoms with Gasteiger partial charge in [0.1, 0.15) is 0 Å². The molecule has 0 aromatic rings. The Hall–Kier alpha value is -0.130. The second-order valence-corrected chi connectivity index (χ2v) is 6.09. The first-order valence-electron chi connectivity index (χ1n) is 5.19. The average Bonchev–Trinajstić information content (AvgIpc) is 2.17. The molecule has 0 aromatic carbocycles. The number of hydrogen-bond donors (Lipinski definition) is 1. The first-order valence-corrected chi connectivity index (χ1v) is 6.84. The van der Waals surface area contributed by atoms with Crippen molar-refractivity contribution in [3.05, 3.63) is 0 Å². The van der Waals surface area contributed by atoms with E-state index >= 15 is 0 Å². The van der Waals surface area contributed by atoms with Crippen molar-refractivity contribution < 1.29 is 8.42 Å². The molecule has 1 saturated heterocycles. The van der Waals surface area contributed by atoms with Crippen molar-refractivity contribution in [1.82, 2.24) is 9.62 Å². The summed E-state index contributed by atoms with van der Waals surface area (Å²) in [5.74, 6) is 0.701. The molecule has 4 nitrogen and oxygen atoms in total. The first-order chi connectivity index (χ1) is 6.53. The first kappa shape index (κ1) is 11.9. The zero-order chi connectivity index (χ0) is 10.6. The Bertz CT molecular complexity index is 256. The molecule has 1 aliphatic heterocycles. The molecule has 0 aromatic heterocycles. The SMILES string of the molecule is CCS(=O)(=O)NCC1CCN(C)CC1. The van der Waals surface area contributed by atoms with Gasteiger partial charge in [-0.15, -0.1) is 0 Å². The quantitative estimate of drug-likeness (QED) is 0.740. The van der Waals surface area contributed by atoms with Crippen LogP contribution in [0, 0.1) is 5.92 Å². The summed E-state index contributed by atoms with van der Waals surface area (Å²) >= 11 is 0. The van der Waals surface area contributed by atoms with Crippen LogP contribution in [0.3, 0.4) is 0 Å². The summed E-state index contributed by atoms with van der Waals surface area (Å²) in [4.78, 5) is 2.28. The summed E-state index contributed by atoms with van der Waals surface area (Å²) in [6.07, 6.45) is 2.20. The summed E-state index contributed by atoms with van der Waals surface area (Å²) < 4.78 is 25.0. The summed E-state index contributed by atoms with van der Waals surface area (Å²) in [5.41, 5.74) is 0. The molecular weight excluding hydrogens is 200 g/mol. The fourth-order valence-electron chi connectivity index (χ4n) is 1.61. The second-order valence-electron chi connectivity index (χ2n) is 4.00. The third kappa shape index (κ3) is 3.94. The predicted molar refractivity (Wildman–Crippen MR) is 57.7 cm³/mol. The van der Waals surface area contributed by atoms with Gasteiger partial charge in [-0.1, -0.05) is 0 Å². The van der Waals surface area contributed by atoms with Crippen molar-refractivity contribution in [2.24, 2.45) is 5.92 Å². The number of sulfonamides is 1. The van der Waals surface area contributed by atoms with Gasteiger partial charge in [0.05, 0.1) is 5.75 Å². The van der Waals surface area contributed by atoms with Crippen molar-refractivity contribution in [1.29, 1.82) is 0 Å². The smallest absolute Gasteiger partial charge is 0.211 e. The number of nitrogens with one attached hydrogen (secondary N) is 1. The van der Waals surface area contributed by atoms with Crippen molar-refractivity contribution in [2.75, 3.05) is 32.4 Å². The molecule has 1 aliphatic rings. The zero-order valence-corrected chi connectivity index (χ0v) is 9.81. The molecule has 1 heterocycles. The van der Waals surface area contributed by atoms with E-state index in [1.165, 1.54) is 0 Å². The second kappa shape index (κ2) is 5.09. The van der Waals surface area contributed by atoms with Crippen LogP contribution >= 0.6 is 0 Å². The lowest BCUT2D eigenvalue weighted by Gasteiger charge is -2.28. The van der Waals surface area contributed by atoms with Crippen LogP contribution in [0.15, 0.2) is 0 Å². The van der Waals surface area contributed by atoms with Crippen LogP contribution in [0.2, 0.25) is 0 Å². The minimum Gasteiger partial charge on any atom is -0.306 e. The summed E-state index contributed by atoms with van der Waals surface area (Å²) in [6, 6.07) is 0. The molecule has 0 atom stereocenters. The average molecular weight is 220 g/mol. The van der Waals surface area contributed by atoms with Crippen molar-refractivity contribution in [3.8, 4) is 0 Å². The van der Waals surface area contributed by atoms with E-state index in [1.807, 2.05) is 0 Å². The largest absolute Gasteiger partial charge is 0.306 e. The maximum atomic E-state index is 11.2. The summed E-state index contributed by atoms with van der Waals surface area (Å²) in [7, 11) is -0.892. The fraction of sp³-hybridized carbons (Fsp3) is 1.00. The Morgan fingerprint density at radius 2 is 1.93 bits per heavy atom. The lowest BCUT2D eigenvalue weighted by Crippen LogP contribution is -2.37. The lowest BCUT2D eigenvalue weighted by molar-refractivity contribution is 0.220. The Labute approximate surface area is 86.7 Å². The molecule has 0 spiro atoms. The van der Waals surface area contributed by atoms with Crippen molar-refractivity contribution >= 4 is 10.0 Å². The highest BCUT2D eigenvalue weighted by Gasteiger charge is 2.18. The standard InChI is InChI=1S/C9H20N2O2S/c1-3-14(12,13)10-8-9-4-6-11(2)7-5-9/h9-10H,3-8H2,1-2H3. The van der Waals surface area contributed by atoms with Crippen LogP contribution < -0.4 is 4.72 Å². The highest BCUT2D eigenvalue weighted by Crippen LogP contribution is 2.14. The molecule has 1 fully saturated rings. The van der Waals surface area contributed by atoms with Gasteiger partial charge in [-0.05, 0) is 45.8 Å². The third-order valence-corrected chi connectivity index (χ3v) is 4.18. The van der Waals surface area contributed by atoms with Crippen LogP contribution in [-0.4, -0.2) is 45.8 Å². The van der Waals surface area contributed by atoms with E-state index in [0.29, 0.717) is 12.5 Å². The van der Waals surface area contributed by atoms with Crippen LogP contribution in [0.5, 0.6) is 0 Å². The van der Waals surface area contributed by atoms with E-state index in [2.05, 4.69) is 16.7 Å². The number of nitrogens with zero attached hydrogens (tertiary/aromatic N) is 1. The lowest BCUT2D eigenvalue weighted by atomic mass is 9.98. The molecular formula is C9H20N2O2S. The van der Waals surface area contributed by atoms with Gasteiger partial charge in [-0.3, -0.25) is 0 Å². The van der Waals surface area contributed by atoms with E-state index in [4.69, 9.17) is 0 Å². The van der Waals surface area contributed by atoms with Crippen molar-refractivity contribution in [2.45, 2.75) is 19.8 Å². The van der Waals surface area contributed by atoms with E-state index in [1.54, 1.807) is 6.92 Å². The molecule has 0 amide bonds. The highest BCUT2D eigenvalue weighted by molar-refractivity contribution is 7.89. The monoisotopic (exact) mass is 220 g/mol. The van der Waals surface area contributed by atoms with Gasteiger partial charge in [-0.2, -0.15) is 0 Å². The van der Waals surface area contributed by atoms with Crippen LogP contribution in [0.25, 0.3) is 0 Å². The van der Waals surface area contributed by atoms with Gasteiger partial charge in [0.15, 0.2) is 0 Å². The van der Waals surface area contributed by atoms with Crippen LogP contribution in [0.4, 0.5) is 0 Å². The number of likely N-dealkylation sites (tertiary alicyclic amines) is 1. The number of piperidine rings is 1.